The van der Waals surface area contributed by atoms with Gasteiger partial charge < -0.3 is 15.4 Å². The molecule has 2 bridgehead atoms. The van der Waals surface area contributed by atoms with Crippen molar-refractivity contribution >= 4 is 12.0 Å². The van der Waals surface area contributed by atoms with Crippen LogP contribution in [0.1, 0.15) is 28.8 Å². The number of amides is 2. The number of carbonyl (C=O) groups is 2. The van der Waals surface area contributed by atoms with Crippen molar-refractivity contribution in [3.63, 3.8) is 0 Å². The molecular formula is C15H12F2N2O3. The lowest BCUT2D eigenvalue weighted by Crippen LogP contribution is -2.44. The standard InChI is InChI=1S/C15H12F2N2O3/c1-2-7-3-11(17)9(6-10(7)16)14(20)19-12-4-8-5-13(12)22-15(21)18-8/h1,3,6,8,12-13H,4-5H2,(H,18,21)(H,19,20)/t8-,12-,13-/m1/s1. The molecule has 3 atom stereocenters. The zero-order valence-electron chi connectivity index (χ0n) is 11.4. The van der Waals surface area contributed by atoms with Crippen LogP contribution in [0.25, 0.3) is 0 Å². The fourth-order valence-electron chi connectivity index (χ4n) is 2.81. The molecule has 1 aromatic rings. The van der Waals surface area contributed by atoms with E-state index in [0.717, 1.165) is 12.1 Å². The van der Waals surface area contributed by atoms with Crippen LogP contribution in [-0.4, -0.2) is 30.2 Å². The van der Waals surface area contributed by atoms with Gasteiger partial charge in [-0.15, -0.1) is 6.42 Å². The molecule has 0 unspecified atom stereocenters. The van der Waals surface area contributed by atoms with Crippen molar-refractivity contribution < 1.29 is 23.1 Å². The van der Waals surface area contributed by atoms with E-state index in [4.69, 9.17) is 11.2 Å². The van der Waals surface area contributed by atoms with Crippen molar-refractivity contribution in [3.8, 4) is 12.3 Å². The smallest absolute Gasteiger partial charge is 0.407 e. The van der Waals surface area contributed by atoms with E-state index in [9.17, 15) is 18.4 Å². The van der Waals surface area contributed by atoms with E-state index in [2.05, 4.69) is 10.6 Å². The summed E-state index contributed by atoms with van der Waals surface area (Å²) in [5.41, 5.74) is -0.680. The fourth-order valence-corrected chi connectivity index (χ4v) is 2.81. The van der Waals surface area contributed by atoms with E-state index in [1.54, 1.807) is 0 Å². The summed E-state index contributed by atoms with van der Waals surface area (Å²) in [5.74, 6) is -0.512. The van der Waals surface area contributed by atoms with Gasteiger partial charge in [-0.05, 0) is 18.6 Å². The maximum atomic E-state index is 13.9. The van der Waals surface area contributed by atoms with Crippen LogP contribution in [-0.2, 0) is 4.74 Å². The summed E-state index contributed by atoms with van der Waals surface area (Å²) in [4.78, 5) is 23.3. The second kappa shape index (κ2) is 5.30. The van der Waals surface area contributed by atoms with Gasteiger partial charge in [-0.3, -0.25) is 4.79 Å². The van der Waals surface area contributed by atoms with Gasteiger partial charge in [0.15, 0.2) is 0 Å². The van der Waals surface area contributed by atoms with Crippen LogP contribution < -0.4 is 10.6 Å². The van der Waals surface area contributed by atoms with Crippen LogP contribution in [0.5, 0.6) is 0 Å². The Kier molecular flexibility index (Phi) is 3.45. The highest BCUT2D eigenvalue weighted by Crippen LogP contribution is 2.27. The van der Waals surface area contributed by atoms with Crippen LogP contribution in [0.3, 0.4) is 0 Å². The predicted molar refractivity (Wildman–Crippen MR) is 72.0 cm³/mol. The summed E-state index contributed by atoms with van der Waals surface area (Å²) < 4.78 is 32.5. The van der Waals surface area contributed by atoms with Gasteiger partial charge in [0.25, 0.3) is 5.91 Å². The average Bonchev–Trinajstić information content (AvgIpc) is 2.75. The highest BCUT2D eigenvalue weighted by atomic mass is 19.1. The minimum atomic E-state index is -0.900. The molecule has 1 heterocycles. The van der Waals surface area contributed by atoms with Crippen molar-refractivity contribution in [1.29, 1.82) is 0 Å². The number of hydrogen-bond acceptors (Lipinski definition) is 3. The first kappa shape index (κ1) is 14.3. The minimum absolute atomic E-state index is 0.0815. The molecule has 1 saturated heterocycles. The molecule has 1 aliphatic carbocycles. The second-order valence-corrected chi connectivity index (χ2v) is 5.29. The zero-order valence-corrected chi connectivity index (χ0v) is 11.4. The Morgan fingerprint density at radius 2 is 2.14 bits per heavy atom. The van der Waals surface area contributed by atoms with E-state index in [1.807, 2.05) is 5.92 Å². The number of carbonyl (C=O) groups excluding carboxylic acids is 2. The van der Waals surface area contributed by atoms with Gasteiger partial charge in [0.2, 0.25) is 0 Å². The Morgan fingerprint density at radius 1 is 1.36 bits per heavy atom. The quantitative estimate of drug-likeness (QED) is 0.810. The van der Waals surface area contributed by atoms with Gasteiger partial charge in [-0.25, -0.2) is 13.6 Å². The third-order valence-corrected chi connectivity index (χ3v) is 3.86. The topological polar surface area (TPSA) is 67.4 Å². The number of halogens is 2. The van der Waals surface area contributed by atoms with Crippen molar-refractivity contribution in [2.45, 2.75) is 31.0 Å². The van der Waals surface area contributed by atoms with Gasteiger partial charge in [0, 0.05) is 12.5 Å². The molecule has 2 N–H and O–H groups in total. The first-order valence-corrected chi connectivity index (χ1v) is 6.71. The molecule has 0 aromatic heterocycles. The molecule has 114 valence electrons. The van der Waals surface area contributed by atoms with Crippen LogP contribution in [0.2, 0.25) is 0 Å². The molecule has 3 rings (SSSR count). The van der Waals surface area contributed by atoms with Crippen LogP contribution in [0.4, 0.5) is 13.6 Å². The second-order valence-electron chi connectivity index (χ2n) is 5.29. The van der Waals surface area contributed by atoms with Crippen LogP contribution in [0, 0.1) is 24.0 Å². The Hall–Kier alpha value is -2.62. The molecule has 22 heavy (non-hydrogen) atoms. The summed E-state index contributed by atoms with van der Waals surface area (Å²) >= 11 is 0. The maximum absolute atomic E-state index is 13.9. The number of hydrogen-bond donors (Lipinski definition) is 2. The first-order valence-electron chi connectivity index (χ1n) is 6.71. The van der Waals surface area contributed by atoms with Gasteiger partial charge in [-0.1, -0.05) is 5.92 Å². The van der Waals surface area contributed by atoms with E-state index >= 15 is 0 Å². The number of fused-ring (bicyclic) bond motifs is 2. The number of terminal acetylenes is 1. The van der Waals surface area contributed by atoms with Gasteiger partial charge in [0.1, 0.15) is 17.7 Å². The highest BCUT2D eigenvalue weighted by Gasteiger charge is 2.42. The van der Waals surface area contributed by atoms with E-state index in [-0.39, 0.29) is 11.6 Å². The third kappa shape index (κ3) is 2.48. The summed E-state index contributed by atoms with van der Waals surface area (Å²) in [5, 5.41) is 5.20. The SMILES string of the molecule is C#Cc1cc(F)c(C(=O)N[C@@H]2C[C@@H]3C[C@H]2OC(=O)N3)cc1F. The lowest BCUT2D eigenvalue weighted by molar-refractivity contribution is 0.0658. The molecule has 7 heteroatoms. The average molecular weight is 306 g/mol. The first-order chi connectivity index (χ1) is 10.5. The van der Waals surface area contributed by atoms with Crippen LogP contribution >= 0.6 is 0 Å². The maximum Gasteiger partial charge on any atom is 0.407 e. The number of rotatable bonds is 2. The van der Waals surface area contributed by atoms with Gasteiger partial charge in [0.05, 0.1) is 17.2 Å². The number of nitrogens with one attached hydrogen (secondary N) is 2. The molecule has 0 radical (unpaired) electrons. The molecule has 5 nitrogen and oxygen atoms in total. The molecule has 1 aromatic carbocycles. The predicted octanol–water partition coefficient (Wildman–Crippen LogP) is 1.32. The Labute approximate surface area is 125 Å². The van der Waals surface area contributed by atoms with Crippen molar-refractivity contribution in [1.82, 2.24) is 10.6 Å². The summed E-state index contributed by atoms with van der Waals surface area (Å²) in [7, 11) is 0. The molecule has 2 fully saturated rings. The largest absolute Gasteiger partial charge is 0.444 e. The summed E-state index contributed by atoms with van der Waals surface area (Å²) in [6.45, 7) is 0. The van der Waals surface area contributed by atoms with E-state index in [1.165, 1.54) is 0 Å². The van der Waals surface area contributed by atoms with Crippen molar-refractivity contribution in [2.75, 3.05) is 0 Å². The molecular weight excluding hydrogens is 294 g/mol. The lowest BCUT2D eigenvalue weighted by atomic mass is 10.1. The van der Waals surface area contributed by atoms with Crippen molar-refractivity contribution in [2.24, 2.45) is 0 Å². The summed E-state index contributed by atoms with van der Waals surface area (Å²) in [6.07, 6.45) is 5.10. The third-order valence-electron chi connectivity index (χ3n) is 3.86. The Bertz CT molecular complexity index is 699. The molecule has 0 spiro atoms. The number of ether oxygens (including phenoxy) is 1. The Morgan fingerprint density at radius 3 is 2.86 bits per heavy atom. The number of alkyl carbamates (subject to hydrolysis) is 1. The fraction of sp³-hybridized carbons (Fsp3) is 0.333. The van der Waals surface area contributed by atoms with Gasteiger partial charge >= 0.3 is 6.09 Å². The van der Waals surface area contributed by atoms with Crippen molar-refractivity contribution in [3.05, 3.63) is 34.9 Å². The normalized spacial score (nSPS) is 25.9. The molecule has 2 amide bonds. The zero-order chi connectivity index (χ0) is 15.9. The van der Waals surface area contributed by atoms with Gasteiger partial charge in [-0.2, -0.15) is 0 Å². The Balaban J connectivity index is 1.77. The molecule has 1 aliphatic heterocycles. The molecule has 2 aliphatic rings. The number of benzene rings is 1. The van der Waals surface area contributed by atoms with E-state index < -0.39 is 41.3 Å². The summed E-state index contributed by atoms with van der Waals surface area (Å²) in [6, 6.07) is 1.05. The minimum Gasteiger partial charge on any atom is -0.444 e. The lowest BCUT2D eigenvalue weighted by Gasteiger charge is -2.23. The molecule has 1 saturated carbocycles. The monoisotopic (exact) mass is 306 g/mol. The highest BCUT2D eigenvalue weighted by molar-refractivity contribution is 5.95. The van der Waals surface area contributed by atoms with E-state index in [0.29, 0.717) is 12.8 Å². The van der Waals surface area contributed by atoms with Crippen LogP contribution in [0.15, 0.2) is 12.1 Å².